The number of ketones is 1. The number of rotatable bonds is 13. The number of hydrogen-bond donors (Lipinski definition) is 3. The molecule has 0 aromatic heterocycles. The molecule has 2 unspecified atom stereocenters. The van der Waals surface area contributed by atoms with Crippen LogP contribution in [0.5, 0.6) is 0 Å². The summed E-state index contributed by atoms with van der Waals surface area (Å²) in [6.45, 7) is 18.2. The predicted octanol–water partition coefficient (Wildman–Crippen LogP) is 2.22. The van der Waals surface area contributed by atoms with Crippen LogP contribution in [0.25, 0.3) is 0 Å². The zero-order valence-corrected chi connectivity index (χ0v) is 24.8. The largest absolute Gasteiger partial charge is 0.393 e. The Morgan fingerprint density at radius 1 is 1.00 bits per heavy atom. The van der Waals surface area contributed by atoms with E-state index in [1.165, 1.54) is 6.92 Å². The number of oxime groups is 1. The molecule has 3 amide bonds. The second-order valence-electron chi connectivity index (χ2n) is 9.79. The lowest BCUT2D eigenvalue weighted by molar-refractivity contribution is -0.132. The molecule has 0 spiro atoms. The van der Waals surface area contributed by atoms with Crippen LogP contribution in [0.4, 0.5) is 0 Å². The van der Waals surface area contributed by atoms with Crippen LogP contribution in [0.2, 0.25) is 0 Å². The van der Waals surface area contributed by atoms with Gasteiger partial charge in [-0.1, -0.05) is 46.7 Å². The summed E-state index contributed by atoms with van der Waals surface area (Å²) < 4.78 is 9.47. The molecule has 1 heterocycles. The number of epoxide rings is 1. The monoisotopic (exact) mass is 530 g/mol. The van der Waals surface area contributed by atoms with Gasteiger partial charge in [0.15, 0.2) is 5.78 Å². The van der Waals surface area contributed by atoms with E-state index in [4.69, 9.17) is 9.57 Å². The van der Waals surface area contributed by atoms with Gasteiger partial charge < -0.3 is 30.3 Å². The lowest BCUT2D eigenvalue weighted by Gasteiger charge is -2.23. The molecule has 3 atom stereocenters. The molecular weight excluding hydrogens is 480 g/mol. The number of carbonyl (C=O) groups excluding carboxylic acids is 4. The number of amides is 3. The maximum absolute atomic E-state index is 12.6. The lowest BCUT2D eigenvalue weighted by atomic mass is 9.93. The first-order valence-electron chi connectivity index (χ1n) is 12.8. The Labute approximate surface area is 222 Å². The van der Waals surface area contributed by atoms with E-state index in [1.54, 1.807) is 48.8 Å². The summed E-state index contributed by atoms with van der Waals surface area (Å²) >= 11 is 0. The van der Waals surface area contributed by atoms with Gasteiger partial charge in [0.2, 0.25) is 11.8 Å². The van der Waals surface area contributed by atoms with E-state index >= 15 is 0 Å². The Morgan fingerprint density at radius 3 is 1.92 bits per heavy atom. The van der Waals surface area contributed by atoms with Gasteiger partial charge in [-0.15, -0.1) is 0 Å². The van der Waals surface area contributed by atoms with Crippen LogP contribution in [0.15, 0.2) is 5.16 Å². The maximum atomic E-state index is 12.6. The summed E-state index contributed by atoms with van der Waals surface area (Å²) in [5.74, 6) is -1.75. The van der Waals surface area contributed by atoms with Crippen LogP contribution < -0.4 is 16.0 Å². The van der Waals surface area contributed by atoms with Gasteiger partial charge in [-0.25, -0.2) is 0 Å². The normalized spacial score (nSPS) is 18.0. The van der Waals surface area contributed by atoms with Gasteiger partial charge in [0.05, 0.1) is 19.2 Å². The summed E-state index contributed by atoms with van der Waals surface area (Å²) in [5.41, 5.74) is -0.761. The van der Waals surface area contributed by atoms with Crippen molar-refractivity contribution in [1.82, 2.24) is 16.0 Å². The van der Waals surface area contributed by atoms with Crippen LogP contribution in [-0.4, -0.2) is 80.4 Å². The molecule has 1 saturated heterocycles. The average molecular weight is 531 g/mol. The van der Waals surface area contributed by atoms with Crippen LogP contribution in [0.1, 0.15) is 75.7 Å². The summed E-state index contributed by atoms with van der Waals surface area (Å²) in [4.78, 5) is 55.0. The van der Waals surface area contributed by atoms with E-state index in [-0.39, 0.29) is 36.0 Å². The molecule has 0 aromatic carbocycles. The van der Waals surface area contributed by atoms with Gasteiger partial charge in [0, 0.05) is 14.2 Å². The molecule has 11 nitrogen and oxygen atoms in total. The van der Waals surface area contributed by atoms with E-state index in [0.717, 1.165) is 0 Å². The number of ether oxygens (including phenoxy) is 2. The van der Waals surface area contributed by atoms with Crippen molar-refractivity contribution in [2.24, 2.45) is 17.0 Å². The van der Waals surface area contributed by atoms with E-state index in [1.807, 2.05) is 27.7 Å². The minimum absolute atomic E-state index is 0.0840. The fraction of sp³-hybridized carbons (Fsp3) is 0.808. The molecule has 11 heteroatoms. The molecular formula is C26H50N4O7. The minimum Gasteiger partial charge on any atom is -0.393 e. The molecule has 0 aliphatic carbocycles. The van der Waals surface area contributed by atoms with Crippen molar-refractivity contribution in [3.05, 3.63) is 0 Å². The molecule has 1 rings (SSSR count). The van der Waals surface area contributed by atoms with Gasteiger partial charge in [0.25, 0.3) is 5.91 Å². The van der Waals surface area contributed by atoms with Crippen molar-refractivity contribution < 1.29 is 33.5 Å². The van der Waals surface area contributed by atoms with Crippen molar-refractivity contribution >= 4 is 29.2 Å². The first-order valence-corrected chi connectivity index (χ1v) is 12.8. The standard InChI is InChI=1S/C22H38N4O6.C2H6O.C2H6/c1-12(2)9-16(19(28)22(8)11-31-22)24-17(27)10-23-21(30)18(13(3)4)25-20(29)15(7)26-32-14(5)6;1-3-2;1-2/h12-14,16,18H,9-11H2,1-8H3,(H,23,30)(H,24,27)(H,25,29);1-2H3;1-2H3/b26-15+;;/t16-,18?,22?;;/m0../s1. The SMILES string of the molecule is C/C(=N\OC(C)C)C(=O)NC(C(=O)NCC(=O)N[C@@H](CC(C)C)C(=O)C1(C)CO1)C(C)C.CC.COC. The molecule has 216 valence electrons. The van der Waals surface area contributed by atoms with Gasteiger partial charge in [0.1, 0.15) is 23.5 Å². The summed E-state index contributed by atoms with van der Waals surface area (Å²) in [6.07, 6.45) is 0.292. The van der Waals surface area contributed by atoms with E-state index in [0.29, 0.717) is 13.0 Å². The average Bonchev–Trinajstić information content (AvgIpc) is 3.57. The highest BCUT2D eigenvalue weighted by Crippen LogP contribution is 2.29. The number of hydrogen-bond acceptors (Lipinski definition) is 8. The molecule has 3 N–H and O–H groups in total. The highest BCUT2D eigenvalue weighted by molar-refractivity contribution is 6.38. The fourth-order valence-electron chi connectivity index (χ4n) is 2.85. The Hall–Kier alpha value is -2.53. The molecule has 1 fully saturated rings. The van der Waals surface area contributed by atoms with Crippen LogP contribution >= 0.6 is 0 Å². The second kappa shape index (κ2) is 18.7. The van der Waals surface area contributed by atoms with Crippen molar-refractivity contribution in [2.45, 2.75) is 99.4 Å². The second-order valence-corrected chi connectivity index (χ2v) is 9.79. The molecule has 1 aliphatic heterocycles. The summed E-state index contributed by atoms with van der Waals surface area (Å²) in [5, 5.41) is 11.6. The van der Waals surface area contributed by atoms with Crippen molar-refractivity contribution in [2.75, 3.05) is 27.4 Å². The van der Waals surface area contributed by atoms with Crippen LogP contribution in [0, 0.1) is 11.8 Å². The highest BCUT2D eigenvalue weighted by atomic mass is 16.6. The van der Waals surface area contributed by atoms with E-state index < -0.39 is 35.4 Å². The van der Waals surface area contributed by atoms with Gasteiger partial charge in [-0.3, -0.25) is 19.2 Å². The number of Topliss-reactive ketones (excluding diaryl/α,β-unsaturated/α-hetero) is 1. The Bertz CT molecular complexity index is 747. The minimum atomic E-state index is -0.869. The third-order valence-corrected chi connectivity index (χ3v) is 4.85. The topological polar surface area (TPSA) is 148 Å². The molecule has 37 heavy (non-hydrogen) atoms. The number of carbonyl (C=O) groups is 4. The van der Waals surface area contributed by atoms with Crippen LogP contribution in [-0.2, 0) is 33.5 Å². The van der Waals surface area contributed by atoms with Crippen molar-refractivity contribution in [3.63, 3.8) is 0 Å². The Kier molecular flexibility index (Phi) is 18.5. The summed E-state index contributed by atoms with van der Waals surface area (Å²) in [7, 11) is 3.25. The zero-order chi connectivity index (χ0) is 29.3. The molecule has 0 aromatic rings. The number of nitrogens with one attached hydrogen (secondary N) is 3. The van der Waals surface area contributed by atoms with Gasteiger partial charge in [-0.05, 0) is 46.0 Å². The van der Waals surface area contributed by atoms with Crippen molar-refractivity contribution in [1.29, 1.82) is 0 Å². The van der Waals surface area contributed by atoms with E-state index in [2.05, 4.69) is 25.8 Å². The molecule has 0 bridgehead atoms. The molecule has 0 radical (unpaired) electrons. The third kappa shape index (κ3) is 15.3. The van der Waals surface area contributed by atoms with Crippen molar-refractivity contribution in [3.8, 4) is 0 Å². The number of nitrogens with zero attached hydrogens (tertiary/aromatic N) is 1. The fourth-order valence-corrected chi connectivity index (χ4v) is 2.85. The molecule has 0 saturated carbocycles. The summed E-state index contributed by atoms with van der Waals surface area (Å²) in [6, 6.07) is -1.56. The van der Waals surface area contributed by atoms with E-state index in [9.17, 15) is 19.2 Å². The Morgan fingerprint density at radius 2 is 1.51 bits per heavy atom. The zero-order valence-electron chi connectivity index (χ0n) is 24.8. The third-order valence-electron chi connectivity index (χ3n) is 4.85. The van der Waals surface area contributed by atoms with Gasteiger partial charge in [-0.2, -0.15) is 0 Å². The highest BCUT2D eigenvalue weighted by Gasteiger charge is 2.50. The first kappa shape index (κ1) is 36.6. The first-order chi connectivity index (χ1) is 17.2. The molecule has 1 aliphatic rings. The van der Waals surface area contributed by atoms with Gasteiger partial charge >= 0.3 is 0 Å². The maximum Gasteiger partial charge on any atom is 0.269 e. The Balaban J connectivity index is 0. The quantitative estimate of drug-likeness (QED) is 0.188. The predicted molar refractivity (Wildman–Crippen MR) is 144 cm³/mol. The smallest absolute Gasteiger partial charge is 0.269 e. The van der Waals surface area contributed by atoms with Crippen LogP contribution in [0.3, 0.4) is 0 Å². The lowest BCUT2D eigenvalue weighted by Crippen LogP contribution is -2.54. The number of methoxy groups -OCH3 is 1.